The van der Waals surface area contributed by atoms with Crippen LogP contribution in [0.3, 0.4) is 0 Å². The molecule has 0 aliphatic carbocycles. The number of carbonyl (C=O) groups excluding carboxylic acids is 2. The minimum absolute atomic E-state index is 0.105. The first-order valence-electron chi connectivity index (χ1n) is 13.8. The van der Waals surface area contributed by atoms with Gasteiger partial charge in [-0.2, -0.15) is 0 Å². The maximum atomic E-state index is 14.6. The molecule has 2 aromatic heterocycles. The van der Waals surface area contributed by atoms with Gasteiger partial charge in [-0.1, -0.05) is 17.7 Å². The van der Waals surface area contributed by atoms with Crippen LogP contribution in [-0.2, 0) is 14.3 Å². The third-order valence-electron chi connectivity index (χ3n) is 7.21. The summed E-state index contributed by atoms with van der Waals surface area (Å²) in [6.07, 6.45) is 4.29. The Morgan fingerprint density at radius 2 is 1.84 bits per heavy atom. The lowest BCUT2D eigenvalue weighted by Gasteiger charge is -2.36. The van der Waals surface area contributed by atoms with Crippen molar-refractivity contribution in [1.82, 2.24) is 20.3 Å². The molecule has 0 saturated carbocycles. The highest BCUT2D eigenvalue weighted by atomic mass is 35.5. The number of amidine groups is 1. The monoisotopic (exact) mass is 630 g/mol. The van der Waals surface area contributed by atoms with E-state index in [2.05, 4.69) is 20.3 Å². The Balaban J connectivity index is 1.49. The van der Waals surface area contributed by atoms with Crippen molar-refractivity contribution < 1.29 is 27.8 Å². The van der Waals surface area contributed by atoms with Crippen LogP contribution in [0.15, 0.2) is 46.2 Å². The Morgan fingerprint density at radius 1 is 1.12 bits per heavy atom. The van der Waals surface area contributed by atoms with E-state index in [1.165, 1.54) is 23.6 Å². The van der Waals surface area contributed by atoms with Crippen LogP contribution < -0.4 is 10.2 Å². The molecule has 5 rings (SSSR count). The van der Waals surface area contributed by atoms with Crippen molar-refractivity contribution in [3.05, 3.63) is 79.7 Å². The number of aryl methyl sites for hydroxylation is 1. The number of allylic oxidation sites excluding steroid dienone is 1. The molecule has 2 aliphatic heterocycles. The largest absolute Gasteiger partial charge is 0.463 e. The van der Waals surface area contributed by atoms with Gasteiger partial charge in [-0.05, 0) is 39.7 Å². The molecule has 1 fully saturated rings. The first-order chi connectivity index (χ1) is 20.7. The van der Waals surface area contributed by atoms with Crippen LogP contribution in [-0.4, -0.2) is 59.0 Å². The molecule has 14 heteroatoms. The summed E-state index contributed by atoms with van der Waals surface area (Å²) in [7, 11) is 0. The topological polar surface area (TPSA) is 119 Å². The molecule has 1 atom stereocenters. The third kappa shape index (κ3) is 6.23. The smallest absolute Gasteiger partial charge is 0.341 e. The molecule has 226 valence electrons. The summed E-state index contributed by atoms with van der Waals surface area (Å²) in [5.41, 5.74) is 1.72. The summed E-state index contributed by atoms with van der Waals surface area (Å²) in [4.78, 5) is 45.7. The van der Waals surface area contributed by atoms with E-state index in [0.717, 1.165) is 6.07 Å². The fourth-order valence-electron chi connectivity index (χ4n) is 5.13. The quantitative estimate of drug-likeness (QED) is 0.265. The molecule has 1 unspecified atom stereocenters. The van der Waals surface area contributed by atoms with E-state index < -0.39 is 34.6 Å². The number of piperidine rings is 1. The van der Waals surface area contributed by atoms with Crippen molar-refractivity contribution in [2.45, 2.75) is 39.7 Å². The summed E-state index contributed by atoms with van der Waals surface area (Å²) in [6.45, 7) is 6.60. The van der Waals surface area contributed by atoms with Gasteiger partial charge in [0.1, 0.15) is 6.04 Å². The van der Waals surface area contributed by atoms with Gasteiger partial charge in [-0.15, -0.1) is 11.3 Å². The van der Waals surface area contributed by atoms with Crippen molar-refractivity contribution in [3.8, 4) is 0 Å². The molecule has 1 aromatic carbocycles. The number of benzene rings is 1. The van der Waals surface area contributed by atoms with Crippen molar-refractivity contribution in [3.63, 3.8) is 0 Å². The zero-order chi connectivity index (χ0) is 30.7. The molecule has 1 N–H and O–H groups in total. The van der Waals surface area contributed by atoms with Gasteiger partial charge in [0.25, 0.3) is 0 Å². The van der Waals surface area contributed by atoms with E-state index in [4.69, 9.17) is 26.1 Å². The Morgan fingerprint density at radius 3 is 2.49 bits per heavy atom. The van der Waals surface area contributed by atoms with E-state index in [1.54, 1.807) is 32.3 Å². The number of rotatable bonds is 8. The third-order valence-corrected chi connectivity index (χ3v) is 8.38. The maximum Gasteiger partial charge on any atom is 0.341 e. The second kappa shape index (κ2) is 13.1. The summed E-state index contributed by atoms with van der Waals surface area (Å²) >= 11 is 7.63. The highest BCUT2D eigenvalue weighted by molar-refractivity contribution is 7.11. The molecule has 1 saturated heterocycles. The number of halogens is 3. The Bertz CT molecular complexity index is 1590. The number of hydrogen-bond acceptors (Lipinski definition) is 11. The lowest BCUT2D eigenvalue weighted by molar-refractivity contribution is -0.139. The second-order valence-electron chi connectivity index (χ2n) is 9.81. The highest BCUT2D eigenvalue weighted by Crippen LogP contribution is 2.41. The van der Waals surface area contributed by atoms with Crippen LogP contribution in [0.5, 0.6) is 0 Å². The van der Waals surface area contributed by atoms with Gasteiger partial charge in [0.05, 0.1) is 35.1 Å². The van der Waals surface area contributed by atoms with Gasteiger partial charge in [0.2, 0.25) is 5.95 Å². The van der Waals surface area contributed by atoms with Crippen LogP contribution in [0, 0.1) is 24.5 Å². The summed E-state index contributed by atoms with van der Waals surface area (Å²) in [5, 5.41) is 5.22. The Hall–Kier alpha value is -3.97. The average Bonchev–Trinajstić information content (AvgIpc) is 3.55. The number of aliphatic imine (C=N–C) groups is 1. The lowest BCUT2D eigenvalue weighted by Crippen LogP contribution is -2.42. The Labute approximate surface area is 255 Å². The molecule has 10 nitrogen and oxygen atoms in total. The van der Waals surface area contributed by atoms with Gasteiger partial charge >= 0.3 is 11.9 Å². The molecule has 3 aromatic rings. The number of nitrogens with zero attached hydrogens (tertiary/aromatic N) is 5. The molecule has 0 radical (unpaired) electrons. The zero-order valence-electron chi connectivity index (χ0n) is 23.7. The normalized spacial score (nSPS) is 17.4. The number of ether oxygens (including phenoxy) is 2. The van der Waals surface area contributed by atoms with Crippen LogP contribution in [0.1, 0.15) is 59.4 Å². The number of anilines is 1. The van der Waals surface area contributed by atoms with Gasteiger partial charge in [-0.25, -0.2) is 33.3 Å². The van der Waals surface area contributed by atoms with E-state index in [-0.39, 0.29) is 30.3 Å². The fourth-order valence-corrected chi connectivity index (χ4v) is 5.98. The number of esters is 2. The highest BCUT2D eigenvalue weighted by Gasteiger charge is 2.38. The molecule has 0 amide bonds. The van der Waals surface area contributed by atoms with Gasteiger partial charge in [0.15, 0.2) is 22.5 Å². The number of hydrogen-bond donors (Lipinski definition) is 1. The van der Waals surface area contributed by atoms with Crippen molar-refractivity contribution in [2.24, 2.45) is 10.9 Å². The van der Waals surface area contributed by atoms with Crippen molar-refractivity contribution in [1.29, 1.82) is 0 Å². The first kappa shape index (κ1) is 30.5. The number of thiazole rings is 1. The van der Waals surface area contributed by atoms with E-state index in [0.29, 0.717) is 59.7 Å². The lowest BCUT2D eigenvalue weighted by atomic mass is 9.85. The average molecular weight is 631 g/mol. The molecular weight excluding hydrogens is 602 g/mol. The van der Waals surface area contributed by atoms with E-state index >= 15 is 0 Å². The second-order valence-corrected chi connectivity index (χ2v) is 11.1. The summed E-state index contributed by atoms with van der Waals surface area (Å²) in [5.74, 6) is -2.71. The minimum Gasteiger partial charge on any atom is -0.463 e. The number of carbonyl (C=O) groups is 2. The van der Waals surface area contributed by atoms with Crippen LogP contribution >= 0.6 is 22.9 Å². The number of aromatic nitrogens is 3. The Kier molecular flexibility index (Phi) is 9.31. The molecular formula is C29H29ClF2N6O4S. The van der Waals surface area contributed by atoms with Crippen molar-refractivity contribution in [2.75, 3.05) is 31.2 Å². The molecule has 0 spiro atoms. The van der Waals surface area contributed by atoms with Gasteiger partial charge < -0.3 is 19.7 Å². The molecule has 0 bridgehead atoms. The first-order valence-corrected chi connectivity index (χ1v) is 15.0. The summed E-state index contributed by atoms with van der Waals surface area (Å²) in [6, 6.07) is 1.24. The van der Waals surface area contributed by atoms with Gasteiger partial charge in [-0.3, -0.25) is 4.99 Å². The predicted molar refractivity (Wildman–Crippen MR) is 157 cm³/mol. The number of nitrogens with one attached hydrogen (secondary N) is 1. The van der Waals surface area contributed by atoms with E-state index in [9.17, 15) is 18.4 Å². The van der Waals surface area contributed by atoms with Crippen LogP contribution in [0.2, 0.25) is 5.02 Å². The fraction of sp³-hybridized carbons (Fsp3) is 0.379. The molecule has 2 aliphatic rings. The molecule has 4 heterocycles. The van der Waals surface area contributed by atoms with E-state index in [1.807, 2.05) is 4.90 Å². The predicted octanol–water partition coefficient (Wildman–Crippen LogP) is 5.17. The van der Waals surface area contributed by atoms with Gasteiger partial charge in [0, 0.05) is 48.0 Å². The van der Waals surface area contributed by atoms with Crippen LogP contribution in [0.25, 0.3) is 0 Å². The minimum atomic E-state index is -1.22. The maximum absolute atomic E-state index is 14.6. The standard InChI is InChI=1S/C29H29ClF2N6O4S/c1-4-41-27(39)18-14-34-29(35-15(18)3)38-11-8-16(9-12-38)23-20(28(40)42-5-2)24(17-6-7-19(31)22(32)21(17)30)37-25(36-23)26-33-10-13-43-26/h6-7,10,13-14,16,24H,4-5,8-9,11-12H2,1-3H3,(H,36,37). The van der Waals surface area contributed by atoms with Crippen molar-refractivity contribution >= 4 is 46.7 Å². The molecule has 43 heavy (non-hydrogen) atoms. The summed E-state index contributed by atoms with van der Waals surface area (Å²) < 4.78 is 39.1. The SMILES string of the molecule is CCOC(=O)C1=C(C2CCN(c3ncc(C(=O)OCC)c(C)n3)CC2)NC(c2nccs2)=NC1c1ccc(F)c(F)c1Cl. The van der Waals surface area contributed by atoms with Crippen LogP contribution in [0.4, 0.5) is 14.7 Å². The zero-order valence-corrected chi connectivity index (χ0v) is 25.3.